The standard InChI is InChI=1S/C34H62O11/c1-2-3-4-5-6-10-13-35-14-15-36-16-17-37-18-19-38-20-21-39-22-23-40-24-25-41-26-27-42-28-29-43-30-31-44-32-33-45-34-11-8-7-9-12-34/h7-9,11-12H,2-6,10,13-33H2,1H3. The maximum Gasteiger partial charge on any atom is 0.119 e. The number of ether oxygens (including phenoxy) is 11. The van der Waals surface area contributed by atoms with Gasteiger partial charge in [0.25, 0.3) is 0 Å². The summed E-state index contributed by atoms with van der Waals surface area (Å²) in [5.41, 5.74) is 0. The van der Waals surface area contributed by atoms with Gasteiger partial charge in [-0.05, 0) is 18.6 Å². The summed E-state index contributed by atoms with van der Waals surface area (Å²) in [6, 6.07) is 9.69. The Morgan fingerprint density at radius 1 is 0.311 bits per heavy atom. The SMILES string of the molecule is CCCCCCCCOCCOCCOCCOCCOCCOCCOCCOCCOCCOCCOc1ccccc1. The van der Waals surface area contributed by atoms with Gasteiger partial charge in [0, 0.05) is 6.61 Å². The largest absolute Gasteiger partial charge is 0.491 e. The molecule has 0 saturated carbocycles. The average molecular weight is 647 g/mol. The van der Waals surface area contributed by atoms with E-state index < -0.39 is 0 Å². The molecule has 264 valence electrons. The van der Waals surface area contributed by atoms with Gasteiger partial charge in [-0.1, -0.05) is 57.2 Å². The molecule has 1 rings (SSSR count). The number of unbranched alkanes of at least 4 members (excludes halogenated alkanes) is 5. The molecule has 0 bridgehead atoms. The summed E-state index contributed by atoms with van der Waals surface area (Å²) < 4.78 is 60.6. The van der Waals surface area contributed by atoms with Crippen LogP contribution in [0, 0.1) is 0 Å². The van der Waals surface area contributed by atoms with Crippen LogP contribution in [-0.4, -0.2) is 139 Å². The van der Waals surface area contributed by atoms with Gasteiger partial charge < -0.3 is 52.1 Å². The van der Waals surface area contributed by atoms with Crippen molar-refractivity contribution >= 4 is 0 Å². The van der Waals surface area contributed by atoms with E-state index in [2.05, 4.69) is 6.92 Å². The Morgan fingerprint density at radius 2 is 0.600 bits per heavy atom. The minimum atomic E-state index is 0.520. The summed E-state index contributed by atoms with van der Waals surface area (Å²) in [6.45, 7) is 13.9. The zero-order chi connectivity index (χ0) is 32.0. The normalized spacial score (nSPS) is 11.4. The highest BCUT2D eigenvalue weighted by molar-refractivity contribution is 5.20. The van der Waals surface area contributed by atoms with Crippen molar-refractivity contribution in [3.05, 3.63) is 30.3 Å². The first-order valence-electron chi connectivity index (χ1n) is 16.9. The maximum absolute atomic E-state index is 5.59. The molecule has 0 aliphatic heterocycles. The minimum Gasteiger partial charge on any atom is -0.491 e. The molecule has 1 aromatic rings. The van der Waals surface area contributed by atoms with E-state index in [0.717, 1.165) is 18.8 Å². The highest BCUT2D eigenvalue weighted by Crippen LogP contribution is 2.07. The van der Waals surface area contributed by atoms with Gasteiger partial charge in [-0.15, -0.1) is 0 Å². The zero-order valence-electron chi connectivity index (χ0n) is 28.0. The summed E-state index contributed by atoms with van der Waals surface area (Å²) in [7, 11) is 0. The topological polar surface area (TPSA) is 102 Å². The predicted molar refractivity (Wildman–Crippen MR) is 174 cm³/mol. The molecule has 0 aromatic heterocycles. The molecular weight excluding hydrogens is 584 g/mol. The van der Waals surface area contributed by atoms with Gasteiger partial charge in [-0.3, -0.25) is 0 Å². The Morgan fingerprint density at radius 3 is 0.956 bits per heavy atom. The zero-order valence-corrected chi connectivity index (χ0v) is 28.0. The predicted octanol–water partition coefficient (Wildman–Crippen LogP) is 4.59. The van der Waals surface area contributed by atoms with Gasteiger partial charge in [0.1, 0.15) is 12.4 Å². The van der Waals surface area contributed by atoms with Crippen molar-refractivity contribution in [2.24, 2.45) is 0 Å². The average Bonchev–Trinajstić information content (AvgIpc) is 3.06. The molecule has 0 heterocycles. The Bertz CT molecular complexity index is 669. The van der Waals surface area contributed by atoms with Crippen molar-refractivity contribution in [1.82, 2.24) is 0 Å². The second-order valence-electron chi connectivity index (χ2n) is 10.1. The lowest BCUT2D eigenvalue weighted by Gasteiger charge is -2.09. The third kappa shape index (κ3) is 33.8. The first-order chi connectivity index (χ1) is 22.4. The van der Waals surface area contributed by atoms with Crippen LogP contribution in [0.4, 0.5) is 0 Å². The van der Waals surface area contributed by atoms with Crippen molar-refractivity contribution < 1.29 is 52.1 Å². The van der Waals surface area contributed by atoms with Crippen LogP contribution in [0.3, 0.4) is 0 Å². The summed E-state index contributed by atoms with van der Waals surface area (Å²) in [4.78, 5) is 0. The molecule has 1 aromatic carbocycles. The van der Waals surface area contributed by atoms with E-state index in [4.69, 9.17) is 52.1 Å². The molecule has 45 heavy (non-hydrogen) atoms. The van der Waals surface area contributed by atoms with Crippen LogP contribution in [0.25, 0.3) is 0 Å². The highest BCUT2D eigenvalue weighted by atomic mass is 16.6. The molecule has 0 atom stereocenters. The van der Waals surface area contributed by atoms with Crippen LogP contribution in [-0.2, 0) is 47.4 Å². The van der Waals surface area contributed by atoms with E-state index in [-0.39, 0.29) is 0 Å². The summed E-state index contributed by atoms with van der Waals surface area (Å²) >= 11 is 0. The molecule has 0 saturated heterocycles. The van der Waals surface area contributed by atoms with Crippen molar-refractivity contribution in [2.75, 3.05) is 139 Å². The first-order valence-corrected chi connectivity index (χ1v) is 16.9. The van der Waals surface area contributed by atoms with Crippen LogP contribution in [0.15, 0.2) is 30.3 Å². The van der Waals surface area contributed by atoms with Crippen LogP contribution < -0.4 is 4.74 Å². The Labute approximate surface area is 272 Å². The lowest BCUT2D eigenvalue weighted by Crippen LogP contribution is -2.15. The van der Waals surface area contributed by atoms with E-state index in [9.17, 15) is 0 Å². The first kappa shape index (κ1) is 41.6. The Hall–Kier alpha value is -1.38. The number of hydrogen-bond donors (Lipinski definition) is 0. The van der Waals surface area contributed by atoms with Gasteiger partial charge >= 0.3 is 0 Å². The van der Waals surface area contributed by atoms with Gasteiger partial charge in [-0.2, -0.15) is 0 Å². The van der Waals surface area contributed by atoms with Gasteiger partial charge in [0.2, 0.25) is 0 Å². The molecule has 11 nitrogen and oxygen atoms in total. The fraction of sp³-hybridized carbons (Fsp3) is 0.824. The van der Waals surface area contributed by atoms with Crippen LogP contribution >= 0.6 is 0 Å². The van der Waals surface area contributed by atoms with Crippen LogP contribution in [0.2, 0.25) is 0 Å². The van der Waals surface area contributed by atoms with Gasteiger partial charge in [-0.25, -0.2) is 0 Å². The number of para-hydroxylation sites is 1. The van der Waals surface area contributed by atoms with Crippen molar-refractivity contribution in [3.63, 3.8) is 0 Å². The molecule has 0 amide bonds. The summed E-state index contributed by atoms with van der Waals surface area (Å²) in [6.07, 6.45) is 7.69. The molecule has 0 radical (unpaired) electrons. The molecule has 0 N–H and O–H groups in total. The van der Waals surface area contributed by atoms with Crippen molar-refractivity contribution in [3.8, 4) is 5.75 Å². The third-order valence-electron chi connectivity index (χ3n) is 6.23. The molecular formula is C34H62O11. The molecule has 0 unspecified atom stereocenters. The van der Waals surface area contributed by atoms with E-state index in [1.165, 1.54) is 32.1 Å². The van der Waals surface area contributed by atoms with Crippen molar-refractivity contribution in [1.29, 1.82) is 0 Å². The van der Waals surface area contributed by atoms with Crippen LogP contribution in [0.5, 0.6) is 5.75 Å². The van der Waals surface area contributed by atoms with Crippen LogP contribution in [0.1, 0.15) is 45.4 Å². The summed E-state index contributed by atoms with van der Waals surface area (Å²) in [5, 5.41) is 0. The second kappa shape index (κ2) is 37.1. The van der Waals surface area contributed by atoms with Gasteiger partial charge in [0.15, 0.2) is 0 Å². The lowest BCUT2D eigenvalue weighted by molar-refractivity contribution is -0.0267. The fourth-order valence-electron chi connectivity index (χ4n) is 3.80. The number of rotatable bonds is 38. The van der Waals surface area contributed by atoms with E-state index >= 15 is 0 Å². The molecule has 0 fully saturated rings. The number of hydrogen-bond acceptors (Lipinski definition) is 11. The lowest BCUT2D eigenvalue weighted by atomic mass is 10.1. The van der Waals surface area contributed by atoms with E-state index in [0.29, 0.717) is 132 Å². The molecule has 0 aliphatic carbocycles. The molecule has 11 heteroatoms. The summed E-state index contributed by atoms with van der Waals surface area (Å²) in [5.74, 6) is 0.847. The quantitative estimate of drug-likeness (QED) is 0.0943. The maximum atomic E-state index is 5.59. The van der Waals surface area contributed by atoms with E-state index in [1.54, 1.807) is 0 Å². The fourth-order valence-corrected chi connectivity index (χ4v) is 3.80. The third-order valence-corrected chi connectivity index (χ3v) is 6.23. The highest BCUT2D eigenvalue weighted by Gasteiger charge is 1.97. The molecule has 0 spiro atoms. The smallest absolute Gasteiger partial charge is 0.119 e. The number of benzene rings is 1. The Kier molecular flexibility index (Phi) is 34.3. The molecule has 0 aliphatic rings. The van der Waals surface area contributed by atoms with Gasteiger partial charge in [0.05, 0.1) is 126 Å². The monoisotopic (exact) mass is 646 g/mol. The van der Waals surface area contributed by atoms with E-state index in [1.807, 2.05) is 30.3 Å². The van der Waals surface area contributed by atoms with Crippen molar-refractivity contribution in [2.45, 2.75) is 45.4 Å². The second-order valence-corrected chi connectivity index (χ2v) is 10.1. The minimum absolute atomic E-state index is 0.520. The Balaban J connectivity index is 1.61.